The monoisotopic (exact) mass is 397 g/mol. The van der Waals surface area contributed by atoms with E-state index in [2.05, 4.69) is 15.0 Å². The molecule has 0 radical (unpaired) electrons. The van der Waals surface area contributed by atoms with Crippen LogP contribution in [-0.2, 0) is 21.4 Å². The maximum absolute atomic E-state index is 12.4. The van der Waals surface area contributed by atoms with Crippen LogP contribution in [0.5, 0.6) is 0 Å². The number of hydrogen-bond donors (Lipinski definition) is 3. The minimum Gasteiger partial charge on any atom is -0.329 e. The van der Waals surface area contributed by atoms with Gasteiger partial charge in [-0.05, 0) is 41.5 Å². The zero-order chi connectivity index (χ0) is 20.1. The van der Waals surface area contributed by atoms with Gasteiger partial charge < -0.3 is 10.3 Å². The summed E-state index contributed by atoms with van der Waals surface area (Å²) in [5.41, 5.74) is 2.43. The number of rotatable bonds is 6. The predicted molar refractivity (Wildman–Crippen MR) is 107 cm³/mol. The molecule has 1 heterocycles. The summed E-state index contributed by atoms with van der Waals surface area (Å²) < 4.78 is 27.3. The molecule has 0 spiro atoms. The number of nitrogens with one attached hydrogen (secondary N) is 3. The molecule has 0 atom stereocenters. The molecule has 3 rings (SSSR count). The van der Waals surface area contributed by atoms with Crippen molar-refractivity contribution in [3.63, 3.8) is 0 Å². The average molecular weight is 397 g/mol. The summed E-state index contributed by atoms with van der Waals surface area (Å²) in [4.78, 5) is 25.3. The number of sulfonamides is 1. The minimum atomic E-state index is -3.74. The van der Waals surface area contributed by atoms with Gasteiger partial charge in [0, 0.05) is 30.9 Å². The number of aromatic amines is 1. The lowest BCUT2D eigenvalue weighted by Gasteiger charge is -2.08. The van der Waals surface area contributed by atoms with Gasteiger partial charge in [-0.15, -0.1) is 0 Å². The molecule has 3 N–H and O–H groups in total. The number of carbonyl (C=O) groups is 1. The Hall–Kier alpha value is -3.23. The molecule has 0 aliphatic heterocycles. The highest BCUT2D eigenvalue weighted by molar-refractivity contribution is 7.89. The van der Waals surface area contributed by atoms with Crippen LogP contribution in [0.2, 0.25) is 0 Å². The van der Waals surface area contributed by atoms with E-state index >= 15 is 0 Å². The summed E-state index contributed by atoms with van der Waals surface area (Å²) in [5, 5.41) is 2.69. The normalized spacial score (nSPS) is 11.2. The van der Waals surface area contributed by atoms with Crippen molar-refractivity contribution >= 4 is 21.6 Å². The number of aromatic nitrogens is 1. The van der Waals surface area contributed by atoms with Gasteiger partial charge in [-0.2, -0.15) is 0 Å². The smallest absolute Gasteiger partial charge is 0.252 e. The van der Waals surface area contributed by atoms with Crippen molar-refractivity contribution in [1.82, 2.24) is 9.71 Å². The molecular formula is C20H19N3O4S. The molecule has 0 aliphatic carbocycles. The van der Waals surface area contributed by atoms with Crippen LogP contribution in [0.15, 0.2) is 76.6 Å². The van der Waals surface area contributed by atoms with Crippen LogP contribution in [0, 0.1) is 0 Å². The second kappa shape index (κ2) is 8.20. The number of pyridine rings is 1. The molecule has 1 aromatic heterocycles. The molecule has 0 fully saturated rings. The SMILES string of the molecule is CC(=O)Nc1ccc(-c2ccc(S(=O)(=O)NCc3ccc[nH]c3=O)cc2)cc1. The molecule has 0 unspecified atom stereocenters. The molecule has 1 amide bonds. The molecule has 0 aliphatic rings. The van der Waals surface area contributed by atoms with E-state index in [1.54, 1.807) is 36.4 Å². The van der Waals surface area contributed by atoms with E-state index in [4.69, 9.17) is 0 Å². The highest BCUT2D eigenvalue weighted by Crippen LogP contribution is 2.23. The molecule has 0 bridgehead atoms. The van der Waals surface area contributed by atoms with Crippen LogP contribution in [0.4, 0.5) is 5.69 Å². The number of amides is 1. The molecule has 3 aromatic rings. The fourth-order valence-electron chi connectivity index (χ4n) is 2.63. The summed E-state index contributed by atoms with van der Waals surface area (Å²) in [7, 11) is -3.74. The minimum absolute atomic E-state index is 0.0924. The summed E-state index contributed by atoms with van der Waals surface area (Å²) in [5.74, 6) is -0.146. The average Bonchev–Trinajstić information content (AvgIpc) is 2.68. The van der Waals surface area contributed by atoms with Crippen LogP contribution in [0.1, 0.15) is 12.5 Å². The highest BCUT2D eigenvalue weighted by atomic mass is 32.2. The van der Waals surface area contributed by atoms with Crippen LogP contribution >= 0.6 is 0 Å². The van der Waals surface area contributed by atoms with Gasteiger partial charge in [0.25, 0.3) is 5.56 Å². The summed E-state index contributed by atoms with van der Waals surface area (Å²) in [6.07, 6.45) is 1.49. The van der Waals surface area contributed by atoms with Crippen molar-refractivity contribution in [2.75, 3.05) is 5.32 Å². The molecule has 0 saturated heterocycles. The van der Waals surface area contributed by atoms with Gasteiger partial charge >= 0.3 is 0 Å². The first-order valence-electron chi connectivity index (χ1n) is 8.49. The number of benzene rings is 2. The molecule has 7 nitrogen and oxygen atoms in total. The van der Waals surface area contributed by atoms with E-state index < -0.39 is 10.0 Å². The van der Waals surface area contributed by atoms with Crippen molar-refractivity contribution in [1.29, 1.82) is 0 Å². The summed E-state index contributed by atoms with van der Waals surface area (Å²) >= 11 is 0. The number of anilines is 1. The van der Waals surface area contributed by atoms with E-state index in [1.807, 2.05) is 12.1 Å². The third-order valence-electron chi connectivity index (χ3n) is 4.06. The molecular weight excluding hydrogens is 378 g/mol. The third kappa shape index (κ3) is 4.73. The van der Waals surface area contributed by atoms with Crippen molar-refractivity contribution in [3.8, 4) is 11.1 Å². The predicted octanol–water partition coefficient (Wildman–Crippen LogP) is 2.48. The quantitative estimate of drug-likeness (QED) is 0.594. The van der Waals surface area contributed by atoms with Crippen LogP contribution in [0.25, 0.3) is 11.1 Å². The Balaban J connectivity index is 1.73. The third-order valence-corrected chi connectivity index (χ3v) is 5.47. The lowest BCUT2D eigenvalue weighted by molar-refractivity contribution is -0.114. The Morgan fingerprint density at radius 2 is 1.57 bits per heavy atom. The Morgan fingerprint density at radius 3 is 2.14 bits per heavy atom. The number of H-pyrrole nitrogens is 1. The zero-order valence-electron chi connectivity index (χ0n) is 15.1. The maximum atomic E-state index is 12.4. The molecule has 2 aromatic carbocycles. The number of hydrogen-bond acceptors (Lipinski definition) is 4. The van der Waals surface area contributed by atoms with Crippen LogP contribution in [0.3, 0.4) is 0 Å². The van der Waals surface area contributed by atoms with Gasteiger partial charge in [0.05, 0.1) is 4.90 Å². The summed E-state index contributed by atoms with van der Waals surface area (Å²) in [6.45, 7) is 1.35. The van der Waals surface area contributed by atoms with Gasteiger partial charge in [-0.3, -0.25) is 9.59 Å². The van der Waals surface area contributed by atoms with Gasteiger partial charge in [-0.1, -0.05) is 30.3 Å². The molecule has 28 heavy (non-hydrogen) atoms. The highest BCUT2D eigenvalue weighted by Gasteiger charge is 2.14. The Kier molecular flexibility index (Phi) is 5.72. The Bertz CT molecular complexity index is 1140. The Labute approximate surface area is 162 Å². The first-order valence-corrected chi connectivity index (χ1v) is 9.98. The van der Waals surface area contributed by atoms with Gasteiger partial charge in [0.2, 0.25) is 15.9 Å². The topological polar surface area (TPSA) is 108 Å². The van der Waals surface area contributed by atoms with E-state index in [0.29, 0.717) is 11.3 Å². The van der Waals surface area contributed by atoms with E-state index in [-0.39, 0.29) is 22.9 Å². The van der Waals surface area contributed by atoms with Crippen LogP contribution < -0.4 is 15.6 Å². The molecule has 144 valence electrons. The van der Waals surface area contributed by atoms with E-state index in [0.717, 1.165) is 11.1 Å². The second-order valence-electron chi connectivity index (χ2n) is 6.13. The first kappa shape index (κ1) is 19.5. The fraction of sp³-hybridized carbons (Fsp3) is 0.100. The molecule has 0 saturated carbocycles. The Morgan fingerprint density at radius 1 is 0.964 bits per heavy atom. The van der Waals surface area contributed by atoms with Crippen molar-refractivity contribution in [2.24, 2.45) is 0 Å². The lowest BCUT2D eigenvalue weighted by Crippen LogP contribution is -2.26. The number of carbonyl (C=O) groups excluding carboxylic acids is 1. The second-order valence-corrected chi connectivity index (χ2v) is 7.90. The van der Waals surface area contributed by atoms with E-state index in [9.17, 15) is 18.0 Å². The maximum Gasteiger partial charge on any atom is 0.252 e. The van der Waals surface area contributed by atoms with Crippen molar-refractivity contribution < 1.29 is 13.2 Å². The standard InChI is InChI=1S/C20H19N3O4S/c1-14(24)23-18-8-4-15(5-9-18)16-6-10-19(11-7-16)28(26,27)22-13-17-3-2-12-21-20(17)25/h2-12,22H,13H2,1H3,(H,21,25)(H,23,24). The largest absolute Gasteiger partial charge is 0.329 e. The van der Waals surface area contributed by atoms with Crippen molar-refractivity contribution in [2.45, 2.75) is 18.4 Å². The van der Waals surface area contributed by atoms with Crippen molar-refractivity contribution in [3.05, 3.63) is 82.8 Å². The van der Waals surface area contributed by atoms with Gasteiger partial charge in [-0.25, -0.2) is 13.1 Å². The first-order chi connectivity index (χ1) is 13.3. The zero-order valence-corrected chi connectivity index (χ0v) is 15.9. The van der Waals surface area contributed by atoms with E-state index in [1.165, 1.54) is 25.3 Å². The van der Waals surface area contributed by atoms with Crippen LogP contribution in [-0.4, -0.2) is 19.3 Å². The fourth-order valence-corrected chi connectivity index (χ4v) is 3.63. The lowest BCUT2D eigenvalue weighted by atomic mass is 10.1. The van der Waals surface area contributed by atoms with Gasteiger partial charge in [0.1, 0.15) is 0 Å². The molecule has 8 heteroatoms. The summed E-state index contributed by atoms with van der Waals surface area (Å²) in [6, 6.07) is 16.9. The van der Waals surface area contributed by atoms with Gasteiger partial charge in [0.15, 0.2) is 0 Å².